The number of benzene rings is 1. The van der Waals surface area contributed by atoms with Crippen molar-refractivity contribution < 1.29 is 13.9 Å². The largest absolute Gasteiger partial charge is 0.484 e. The van der Waals surface area contributed by atoms with Gasteiger partial charge < -0.3 is 14.5 Å². The van der Waals surface area contributed by atoms with Gasteiger partial charge >= 0.3 is 0 Å². The molecule has 6 heteroatoms. The van der Waals surface area contributed by atoms with Crippen LogP contribution in [0.5, 0.6) is 5.75 Å². The second-order valence-electron chi connectivity index (χ2n) is 5.73. The zero-order valence-electron chi connectivity index (χ0n) is 14.0. The molecule has 0 fully saturated rings. The first kappa shape index (κ1) is 17.0. The van der Waals surface area contributed by atoms with E-state index in [2.05, 4.69) is 17.2 Å². The Balaban J connectivity index is 1.43. The summed E-state index contributed by atoms with van der Waals surface area (Å²) in [6, 6.07) is 10.7. The summed E-state index contributed by atoms with van der Waals surface area (Å²) in [6.45, 7) is 2.51. The molecule has 2 aromatic heterocycles. The zero-order chi connectivity index (χ0) is 17.6. The second-order valence-corrected chi connectivity index (χ2v) is 5.73. The van der Waals surface area contributed by atoms with Gasteiger partial charge in [0.25, 0.3) is 5.91 Å². The molecule has 0 radical (unpaired) electrons. The zero-order valence-corrected chi connectivity index (χ0v) is 14.0. The van der Waals surface area contributed by atoms with Crippen LogP contribution in [0.25, 0.3) is 5.65 Å². The standard InChI is InChI=1S/C19H20FN3O2/c1-2-14-3-6-17(7-4-14)25-13-19(24)21-10-9-16-12-23-11-15(20)5-8-18(23)22-16/h3-8,11-12H,2,9-10,13H2,1H3,(H,21,24). The van der Waals surface area contributed by atoms with E-state index < -0.39 is 0 Å². The topological polar surface area (TPSA) is 55.6 Å². The molecule has 2 heterocycles. The summed E-state index contributed by atoms with van der Waals surface area (Å²) in [5.41, 5.74) is 2.70. The second kappa shape index (κ2) is 7.79. The van der Waals surface area contributed by atoms with E-state index in [9.17, 15) is 9.18 Å². The van der Waals surface area contributed by atoms with Crippen LogP contribution >= 0.6 is 0 Å². The van der Waals surface area contributed by atoms with Gasteiger partial charge in [0, 0.05) is 25.4 Å². The number of rotatable bonds is 7. The fourth-order valence-electron chi connectivity index (χ4n) is 2.49. The molecule has 0 saturated carbocycles. The van der Waals surface area contributed by atoms with Gasteiger partial charge in [0.15, 0.2) is 6.61 Å². The van der Waals surface area contributed by atoms with Crippen LogP contribution in [0, 0.1) is 5.82 Å². The van der Waals surface area contributed by atoms with Crippen LogP contribution in [0.15, 0.2) is 48.8 Å². The summed E-state index contributed by atoms with van der Waals surface area (Å²) in [6.07, 6.45) is 4.68. The molecule has 25 heavy (non-hydrogen) atoms. The molecule has 3 rings (SSSR count). The Morgan fingerprint density at radius 2 is 2.00 bits per heavy atom. The molecule has 5 nitrogen and oxygen atoms in total. The molecule has 0 saturated heterocycles. The first-order chi connectivity index (χ1) is 12.1. The Morgan fingerprint density at radius 3 is 2.76 bits per heavy atom. The average Bonchev–Trinajstić information content (AvgIpc) is 3.02. The van der Waals surface area contributed by atoms with E-state index in [0.29, 0.717) is 24.4 Å². The van der Waals surface area contributed by atoms with Crippen LogP contribution in [0.3, 0.4) is 0 Å². The fourth-order valence-corrected chi connectivity index (χ4v) is 2.49. The highest BCUT2D eigenvalue weighted by atomic mass is 19.1. The lowest BCUT2D eigenvalue weighted by Gasteiger charge is -2.07. The van der Waals surface area contributed by atoms with Crippen molar-refractivity contribution in [2.75, 3.05) is 13.2 Å². The Kier molecular flexibility index (Phi) is 5.28. The van der Waals surface area contributed by atoms with Crippen molar-refractivity contribution in [3.05, 3.63) is 65.9 Å². The lowest BCUT2D eigenvalue weighted by atomic mass is 10.2. The molecule has 0 bridgehead atoms. The maximum atomic E-state index is 13.2. The quantitative estimate of drug-likeness (QED) is 0.719. The highest BCUT2D eigenvalue weighted by Crippen LogP contribution is 2.12. The molecule has 1 N–H and O–H groups in total. The number of ether oxygens (including phenoxy) is 1. The Morgan fingerprint density at radius 1 is 1.20 bits per heavy atom. The minimum Gasteiger partial charge on any atom is -0.484 e. The maximum Gasteiger partial charge on any atom is 0.257 e. The van der Waals surface area contributed by atoms with Gasteiger partial charge in [-0.15, -0.1) is 0 Å². The van der Waals surface area contributed by atoms with E-state index in [0.717, 1.165) is 12.1 Å². The molecule has 0 unspecified atom stereocenters. The Hall–Kier alpha value is -2.89. The number of hydrogen-bond acceptors (Lipinski definition) is 3. The minimum absolute atomic E-state index is 0.0259. The molecule has 0 atom stereocenters. The van der Waals surface area contributed by atoms with Crippen molar-refractivity contribution in [3.8, 4) is 5.75 Å². The molecule has 0 aliphatic heterocycles. The highest BCUT2D eigenvalue weighted by Gasteiger charge is 2.05. The van der Waals surface area contributed by atoms with E-state index >= 15 is 0 Å². The molecule has 1 amide bonds. The smallest absolute Gasteiger partial charge is 0.257 e. The first-order valence-electron chi connectivity index (χ1n) is 8.25. The van der Waals surface area contributed by atoms with Crippen LogP contribution in [0.4, 0.5) is 4.39 Å². The number of pyridine rings is 1. The number of aryl methyl sites for hydroxylation is 1. The third-order valence-electron chi connectivity index (χ3n) is 3.87. The molecule has 0 aliphatic carbocycles. The van der Waals surface area contributed by atoms with E-state index in [1.165, 1.54) is 17.8 Å². The number of carbonyl (C=O) groups is 1. The molecular weight excluding hydrogens is 321 g/mol. The van der Waals surface area contributed by atoms with Gasteiger partial charge in [0.1, 0.15) is 17.2 Å². The Bertz CT molecular complexity index is 859. The number of amides is 1. The lowest BCUT2D eigenvalue weighted by molar-refractivity contribution is -0.123. The van der Waals surface area contributed by atoms with E-state index in [-0.39, 0.29) is 18.3 Å². The van der Waals surface area contributed by atoms with E-state index in [1.54, 1.807) is 16.7 Å². The van der Waals surface area contributed by atoms with Crippen molar-refractivity contribution in [2.24, 2.45) is 0 Å². The number of nitrogens with zero attached hydrogens (tertiary/aromatic N) is 2. The molecule has 3 aromatic rings. The van der Waals surface area contributed by atoms with Crippen molar-refractivity contribution in [2.45, 2.75) is 19.8 Å². The van der Waals surface area contributed by atoms with Crippen molar-refractivity contribution in [1.29, 1.82) is 0 Å². The maximum absolute atomic E-state index is 13.2. The third-order valence-corrected chi connectivity index (χ3v) is 3.87. The first-order valence-corrected chi connectivity index (χ1v) is 8.25. The van der Waals surface area contributed by atoms with E-state index in [4.69, 9.17) is 4.74 Å². The summed E-state index contributed by atoms with van der Waals surface area (Å²) in [7, 11) is 0. The summed E-state index contributed by atoms with van der Waals surface area (Å²) in [5, 5.41) is 2.79. The molecule has 130 valence electrons. The highest BCUT2D eigenvalue weighted by molar-refractivity contribution is 5.77. The lowest BCUT2D eigenvalue weighted by Crippen LogP contribution is -2.30. The number of fused-ring (bicyclic) bond motifs is 1. The van der Waals surface area contributed by atoms with Crippen LogP contribution in [0.2, 0.25) is 0 Å². The number of carbonyl (C=O) groups excluding carboxylic acids is 1. The SMILES string of the molecule is CCc1ccc(OCC(=O)NCCc2cn3cc(F)ccc3n2)cc1. The number of imidazole rings is 1. The fraction of sp³-hybridized carbons (Fsp3) is 0.263. The number of hydrogen-bond donors (Lipinski definition) is 1. The van der Waals surface area contributed by atoms with Gasteiger partial charge in [-0.1, -0.05) is 19.1 Å². The Labute approximate surface area is 145 Å². The van der Waals surface area contributed by atoms with Crippen LogP contribution in [-0.4, -0.2) is 28.4 Å². The minimum atomic E-state index is -0.311. The number of halogens is 1. The van der Waals surface area contributed by atoms with Crippen molar-refractivity contribution in [1.82, 2.24) is 14.7 Å². The summed E-state index contributed by atoms with van der Waals surface area (Å²) >= 11 is 0. The van der Waals surface area contributed by atoms with E-state index in [1.807, 2.05) is 24.3 Å². The summed E-state index contributed by atoms with van der Waals surface area (Å²) in [5.74, 6) is 0.179. The third kappa shape index (κ3) is 4.56. The summed E-state index contributed by atoms with van der Waals surface area (Å²) in [4.78, 5) is 16.2. The van der Waals surface area contributed by atoms with Gasteiger partial charge in [-0.05, 0) is 36.2 Å². The predicted molar refractivity (Wildman–Crippen MR) is 93.2 cm³/mol. The van der Waals surface area contributed by atoms with Crippen LogP contribution in [0.1, 0.15) is 18.2 Å². The van der Waals surface area contributed by atoms with Crippen LogP contribution in [-0.2, 0) is 17.6 Å². The average molecular weight is 341 g/mol. The van der Waals surface area contributed by atoms with Gasteiger partial charge in [-0.25, -0.2) is 9.37 Å². The van der Waals surface area contributed by atoms with Crippen molar-refractivity contribution >= 4 is 11.6 Å². The normalized spacial score (nSPS) is 10.8. The predicted octanol–water partition coefficient (Wildman–Crippen LogP) is 2.77. The van der Waals surface area contributed by atoms with Gasteiger partial charge in [0.05, 0.1) is 5.69 Å². The molecular formula is C19H20FN3O2. The molecule has 1 aromatic carbocycles. The van der Waals surface area contributed by atoms with Crippen LogP contribution < -0.4 is 10.1 Å². The van der Waals surface area contributed by atoms with Gasteiger partial charge in [0.2, 0.25) is 0 Å². The van der Waals surface area contributed by atoms with Crippen molar-refractivity contribution in [3.63, 3.8) is 0 Å². The summed E-state index contributed by atoms with van der Waals surface area (Å²) < 4.78 is 20.2. The number of aromatic nitrogens is 2. The monoisotopic (exact) mass is 341 g/mol. The van der Waals surface area contributed by atoms with Gasteiger partial charge in [-0.2, -0.15) is 0 Å². The van der Waals surface area contributed by atoms with Gasteiger partial charge in [-0.3, -0.25) is 4.79 Å². The molecule has 0 aliphatic rings. The molecule has 0 spiro atoms. The number of nitrogens with one attached hydrogen (secondary N) is 1.